The normalized spacial score (nSPS) is 10.4. The van der Waals surface area contributed by atoms with E-state index in [-0.39, 0.29) is 0 Å². The Hall–Kier alpha value is -0.930. The Labute approximate surface area is 77.8 Å². The van der Waals surface area contributed by atoms with E-state index in [4.69, 9.17) is 11.6 Å². The number of thiophene rings is 1. The van der Waals surface area contributed by atoms with Crippen LogP contribution in [0.1, 0.15) is 10.5 Å². The van der Waals surface area contributed by atoms with Gasteiger partial charge in [0.15, 0.2) is 6.29 Å². The minimum absolute atomic E-state index is 0.462. The molecule has 0 atom stereocenters. The first-order chi connectivity index (χ1) is 5.81. The first-order valence-corrected chi connectivity index (χ1v) is 4.50. The largest absolute Gasteiger partial charge is 0.296 e. The molecule has 0 aliphatic rings. The van der Waals surface area contributed by atoms with Gasteiger partial charge in [-0.05, 0) is 17.5 Å². The highest BCUT2D eigenvalue weighted by atomic mass is 35.5. The lowest BCUT2D eigenvalue weighted by molar-refractivity contribution is 0.112. The molecule has 0 N–H and O–H groups in total. The predicted octanol–water partition coefficient (Wildman–Crippen LogP) is 2.76. The minimum atomic E-state index is 0.462. The zero-order valence-corrected chi connectivity index (χ0v) is 7.52. The van der Waals surface area contributed by atoms with Crippen molar-refractivity contribution in [1.29, 1.82) is 0 Å². The summed E-state index contributed by atoms with van der Waals surface area (Å²) in [6.45, 7) is 0. The number of carbonyl (C=O) groups excluding carboxylic acids is 1. The van der Waals surface area contributed by atoms with Crippen molar-refractivity contribution in [3.8, 4) is 0 Å². The molecule has 2 aromatic heterocycles. The smallest absolute Gasteiger partial charge is 0.169 e. The quantitative estimate of drug-likeness (QED) is 0.658. The summed E-state index contributed by atoms with van der Waals surface area (Å²) >= 11 is 7.16. The molecule has 60 valence electrons. The molecule has 4 heteroatoms. The molecule has 0 saturated carbocycles. The average molecular weight is 198 g/mol. The van der Waals surface area contributed by atoms with Crippen LogP contribution in [0, 0.1) is 0 Å². The van der Waals surface area contributed by atoms with E-state index in [9.17, 15) is 4.79 Å². The summed E-state index contributed by atoms with van der Waals surface area (Å²) in [5.74, 6) is 0. The third kappa shape index (κ3) is 1.11. The van der Waals surface area contributed by atoms with Crippen molar-refractivity contribution in [1.82, 2.24) is 4.98 Å². The zero-order valence-electron chi connectivity index (χ0n) is 5.95. The molecule has 0 aliphatic heterocycles. The van der Waals surface area contributed by atoms with E-state index in [1.165, 1.54) is 11.3 Å². The summed E-state index contributed by atoms with van der Waals surface area (Å²) in [4.78, 5) is 14.5. The number of aldehydes is 1. The van der Waals surface area contributed by atoms with Crippen molar-refractivity contribution in [2.45, 2.75) is 0 Å². The van der Waals surface area contributed by atoms with Gasteiger partial charge >= 0.3 is 0 Å². The predicted molar refractivity (Wildman–Crippen MR) is 50.0 cm³/mol. The molecule has 12 heavy (non-hydrogen) atoms. The lowest BCUT2D eigenvalue weighted by Crippen LogP contribution is -1.83. The van der Waals surface area contributed by atoms with Crippen molar-refractivity contribution < 1.29 is 4.79 Å². The Balaban J connectivity index is 2.86. The Morgan fingerprint density at radius 1 is 1.58 bits per heavy atom. The SMILES string of the molecule is O=Cc1nccc2cc(Cl)sc12. The number of nitrogens with zero attached hydrogens (tertiary/aromatic N) is 1. The fourth-order valence-electron chi connectivity index (χ4n) is 1.04. The highest BCUT2D eigenvalue weighted by Crippen LogP contribution is 2.30. The summed E-state index contributed by atoms with van der Waals surface area (Å²) < 4.78 is 1.54. The molecule has 2 rings (SSSR count). The maximum absolute atomic E-state index is 10.5. The molecule has 0 aliphatic carbocycles. The number of fused-ring (bicyclic) bond motifs is 1. The number of carbonyl (C=O) groups is 1. The maximum Gasteiger partial charge on any atom is 0.169 e. The molecular weight excluding hydrogens is 194 g/mol. The summed E-state index contributed by atoms with van der Waals surface area (Å²) in [5.41, 5.74) is 0.462. The number of hydrogen-bond acceptors (Lipinski definition) is 3. The molecular formula is C8H4ClNOS. The van der Waals surface area contributed by atoms with E-state index in [2.05, 4.69) is 4.98 Å². The number of rotatable bonds is 1. The average Bonchev–Trinajstić information content (AvgIpc) is 2.44. The van der Waals surface area contributed by atoms with Crippen LogP contribution in [-0.4, -0.2) is 11.3 Å². The molecule has 2 aromatic rings. The molecule has 2 nitrogen and oxygen atoms in total. The highest BCUT2D eigenvalue weighted by Gasteiger charge is 2.04. The van der Waals surface area contributed by atoms with Crippen molar-refractivity contribution >= 4 is 39.3 Å². The van der Waals surface area contributed by atoms with Crippen LogP contribution < -0.4 is 0 Å². The van der Waals surface area contributed by atoms with Crippen LogP contribution in [-0.2, 0) is 0 Å². The summed E-state index contributed by atoms with van der Waals surface area (Å²) in [5, 5.41) is 0.974. The van der Waals surface area contributed by atoms with Crippen LogP contribution in [0.15, 0.2) is 18.3 Å². The standard InChI is InChI=1S/C8H4ClNOS/c9-7-3-5-1-2-10-6(4-11)8(5)12-7/h1-4H. The van der Waals surface area contributed by atoms with Crippen LogP contribution in [0.5, 0.6) is 0 Å². The number of halogens is 1. The number of hydrogen-bond donors (Lipinski definition) is 0. The molecule has 0 aromatic carbocycles. The van der Waals surface area contributed by atoms with Crippen molar-refractivity contribution in [2.24, 2.45) is 0 Å². The second-order valence-corrected chi connectivity index (χ2v) is 3.97. The van der Waals surface area contributed by atoms with Gasteiger partial charge in [-0.25, -0.2) is 0 Å². The van der Waals surface area contributed by atoms with Crippen LogP contribution in [0.25, 0.3) is 10.1 Å². The van der Waals surface area contributed by atoms with Crippen molar-refractivity contribution in [2.75, 3.05) is 0 Å². The molecule has 0 radical (unpaired) electrons. The molecule has 0 bridgehead atoms. The molecule has 0 spiro atoms. The molecule has 0 saturated heterocycles. The van der Waals surface area contributed by atoms with E-state index < -0.39 is 0 Å². The molecule has 2 heterocycles. The fraction of sp³-hybridized carbons (Fsp3) is 0. The second-order valence-electron chi connectivity index (χ2n) is 2.28. The monoisotopic (exact) mass is 197 g/mol. The number of pyridine rings is 1. The van der Waals surface area contributed by atoms with Crippen LogP contribution in [0.2, 0.25) is 4.34 Å². The lowest BCUT2D eigenvalue weighted by atomic mass is 10.3. The van der Waals surface area contributed by atoms with E-state index in [0.717, 1.165) is 16.4 Å². The molecule has 0 amide bonds. The van der Waals surface area contributed by atoms with Gasteiger partial charge in [0.1, 0.15) is 5.69 Å². The second kappa shape index (κ2) is 2.84. The highest BCUT2D eigenvalue weighted by molar-refractivity contribution is 7.23. The summed E-state index contributed by atoms with van der Waals surface area (Å²) in [6, 6.07) is 3.67. The third-order valence-electron chi connectivity index (χ3n) is 1.54. The summed E-state index contributed by atoms with van der Waals surface area (Å²) in [7, 11) is 0. The van der Waals surface area contributed by atoms with Crippen LogP contribution in [0.4, 0.5) is 0 Å². The minimum Gasteiger partial charge on any atom is -0.296 e. The van der Waals surface area contributed by atoms with Gasteiger partial charge in [-0.15, -0.1) is 11.3 Å². The van der Waals surface area contributed by atoms with Gasteiger partial charge in [0.05, 0.1) is 9.04 Å². The lowest BCUT2D eigenvalue weighted by Gasteiger charge is -1.89. The van der Waals surface area contributed by atoms with Crippen molar-refractivity contribution in [3.63, 3.8) is 0 Å². The Bertz CT molecular complexity index is 438. The van der Waals surface area contributed by atoms with Crippen LogP contribution >= 0.6 is 22.9 Å². The zero-order chi connectivity index (χ0) is 8.55. The van der Waals surface area contributed by atoms with Gasteiger partial charge in [0.2, 0.25) is 0 Å². The van der Waals surface area contributed by atoms with E-state index in [1.807, 2.05) is 12.1 Å². The van der Waals surface area contributed by atoms with Gasteiger partial charge in [-0.1, -0.05) is 11.6 Å². The van der Waals surface area contributed by atoms with Crippen LogP contribution in [0.3, 0.4) is 0 Å². The van der Waals surface area contributed by atoms with Gasteiger partial charge in [-0.3, -0.25) is 9.78 Å². The van der Waals surface area contributed by atoms with Gasteiger partial charge in [-0.2, -0.15) is 0 Å². The van der Waals surface area contributed by atoms with E-state index >= 15 is 0 Å². The maximum atomic E-state index is 10.5. The molecule has 0 fully saturated rings. The Morgan fingerprint density at radius 2 is 2.42 bits per heavy atom. The van der Waals surface area contributed by atoms with Gasteiger partial charge in [0.25, 0.3) is 0 Å². The topological polar surface area (TPSA) is 30.0 Å². The summed E-state index contributed by atoms with van der Waals surface area (Å²) in [6.07, 6.45) is 2.35. The Kier molecular flexibility index (Phi) is 1.83. The molecule has 0 unspecified atom stereocenters. The third-order valence-corrected chi connectivity index (χ3v) is 2.85. The van der Waals surface area contributed by atoms with E-state index in [1.54, 1.807) is 6.20 Å². The Morgan fingerprint density at radius 3 is 3.17 bits per heavy atom. The fourth-order valence-corrected chi connectivity index (χ4v) is 2.22. The van der Waals surface area contributed by atoms with Gasteiger partial charge < -0.3 is 0 Å². The first kappa shape index (κ1) is 7.71. The van der Waals surface area contributed by atoms with Gasteiger partial charge in [0, 0.05) is 6.20 Å². The van der Waals surface area contributed by atoms with Crippen molar-refractivity contribution in [3.05, 3.63) is 28.4 Å². The van der Waals surface area contributed by atoms with E-state index in [0.29, 0.717) is 10.0 Å². The number of aromatic nitrogens is 1. The first-order valence-electron chi connectivity index (χ1n) is 3.30.